The Kier molecular flexibility index (Phi) is 6.76. The van der Waals surface area contributed by atoms with Crippen LogP contribution in [-0.2, 0) is 14.4 Å². The van der Waals surface area contributed by atoms with Gasteiger partial charge in [-0.2, -0.15) is 13.2 Å². The summed E-state index contributed by atoms with van der Waals surface area (Å²) in [6.45, 7) is 16.8. The lowest BCUT2D eigenvalue weighted by Crippen LogP contribution is -2.60. The molecule has 2 aromatic rings. The highest BCUT2D eigenvalue weighted by atomic mass is 28.5. The third kappa shape index (κ3) is 6.92. The average molecular weight is 457 g/mol. The molecule has 0 radical (unpaired) electrons. The molecular weight excluding hydrogens is 425 g/mol. The van der Waals surface area contributed by atoms with E-state index in [0.717, 1.165) is 22.4 Å². The van der Waals surface area contributed by atoms with Crippen LogP contribution < -0.4 is 5.19 Å². The number of hydrogen-bond donors (Lipinski definition) is 0. The summed E-state index contributed by atoms with van der Waals surface area (Å²) in [7, 11) is -6.57. The van der Waals surface area contributed by atoms with E-state index in [1.165, 1.54) is 12.1 Å². The Morgan fingerprint density at radius 2 is 1.28 bits per heavy atom. The summed E-state index contributed by atoms with van der Waals surface area (Å²) in [6, 6.07) is 11.4. The molecule has 0 spiro atoms. The van der Waals surface area contributed by atoms with Crippen molar-refractivity contribution in [2.24, 2.45) is 0 Å². The Morgan fingerprint density at radius 1 is 0.724 bits per heavy atom. The second-order valence-corrected chi connectivity index (χ2v) is 22.1. The van der Waals surface area contributed by atoms with Gasteiger partial charge in [-0.1, -0.05) is 35.9 Å². The van der Waals surface area contributed by atoms with Crippen LogP contribution in [0.4, 0.5) is 13.2 Å². The number of rotatable bonds is 6. The Balaban J connectivity index is 2.60. The van der Waals surface area contributed by atoms with Gasteiger partial charge in [-0.3, -0.25) is 0 Å². The SMILES string of the molecule is Cc1cc(-c2cccc(C(F)(F)F)c2)cc([Si](C)(O[Si](C)(C)C)O[Si](C)(C)C)c1. The van der Waals surface area contributed by atoms with E-state index in [0.29, 0.717) is 5.56 Å². The highest BCUT2D eigenvalue weighted by molar-refractivity contribution is 6.94. The normalized spacial score (nSPS) is 13.6. The summed E-state index contributed by atoms with van der Waals surface area (Å²) in [6.07, 6.45) is -4.37. The minimum absolute atomic E-state index is 0.544. The molecule has 2 rings (SSSR count). The molecule has 0 atom stereocenters. The first-order valence-electron chi connectivity index (χ1n) is 9.69. The van der Waals surface area contributed by atoms with Crippen molar-refractivity contribution in [3.63, 3.8) is 0 Å². The van der Waals surface area contributed by atoms with Gasteiger partial charge in [0.15, 0.2) is 16.6 Å². The molecule has 2 nitrogen and oxygen atoms in total. The van der Waals surface area contributed by atoms with Gasteiger partial charge in [0, 0.05) is 0 Å². The minimum Gasteiger partial charge on any atom is -0.433 e. The van der Waals surface area contributed by atoms with Gasteiger partial charge in [-0.15, -0.1) is 0 Å². The highest BCUT2D eigenvalue weighted by Gasteiger charge is 2.42. The maximum atomic E-state index is 13.2. The smallest absolute Gasteiger partial charge is 0.416 e. The predicted octanol–water partition coefficient (Wildman–Crippen LogP) is 6.66. The second-order valence-electron chi connectivity index (χ2n) is 9.54. The molecule has 0 saturated heterocycles. The molecule has 0 heterocycles. The third-order valence-electron chi connectivity index (χ3n) is 4.13. The molecule has 2 aromatic carbocycles. The van der Waals surface area contributed by atoms with Crippen LogP contribution >= 0.6 is 0 Å². The molecular formula is C21H31F3O2Si3. The van der Waals surface area contributed by atoms with E-state index >= 15 is 0 Å². The van der Waals surface area contributed by atoms with Crippen LogP contribution in [0.3, 0.4) is 0 Å². The lowest BCUT2D eigenvalue weighted by Gasteiger charge is -2.39. The van der Waals surface area contributed by atoms with E-state index in [2.05, 4.69) is 51.9 Å². The predicted molar refractivity (Wildman–Crippen MR) is 122 cm³/mol. The van der Waals surface area contributed by atoms with Crippen LogP contribution in [0.5, 0.6) is 0 Å². The van der Waals surface area contributed by atoms with Crippen molar-refractivity contribution in [2.75, 3.05) is 0 Å². The van der Waals surface area contributed by atoms with Crippen LogP contribution in [-0.4, -0.2) is 25.2 Å². The molecule has 0 bridgehead atoms. The minimum atomic E-state index is -4.37. The van der Waals surface area contributed by atoms with Crippen molar-refractivity contribution in [3.8, 4) is 11.1 Å². The number of halogens is 3. The Labute approximate surface area is 175 Å². The van der Waals surface area contributed by atoms with E-state index in [-0.39, 0.29) is 0 Å². The van der Waals surface area contributed by atoms with E-state index in [1.54, 1.807) is 6.07 Å². The topological polar surface area (TPSA) is 18.5 Å². The zero-order valence-corrected chi connectivity index (χ0v) is 21.5. The molecule has 0 aliphatic carbocycles. The first-order valence-corrected chi connectivity index (χ1v) is 18.8. The lowest BCUT2D eigenvalue weighted by molar-refractivity contribution is -0.137. The third-order valence-corrected chi connectivity index (χ3v) is 13.5. The standard InChI is InChI=1S/C21H31F3O2Si3/c1-16-12-18(17-10-9-11-19(14-17)21(22,23)24)15-20(13-16)29(8,25-27(2,3)4)26-28(5,6)7/h9-15H,1-8H3. The molecule has 0 unspecified atom stereocenters. The number of benzene rings is 2. The fraction of sp³-hybridized carbons (Fsp3) is 0.429. The zero-order valence-electron chi connectivity index (χ0n) is 18.5. The van der Waals surface area contributed by atoms with Gasteiger partial charge < -0.3 is 8.23 Å². The summed E-state index contributed by atoms with van der Waals surface area (Å²) in [5.74, 6) is 0. The van der Waals surface area contributed by atoms with E-state index in [1.807, 2.05) is 19.1 Å². The molecule has 0 aromatic heterocycles. The molecule has 160 valence electrons. The Morgan fingerprint density at radius 3 is 1.76 bits per heavy atom. The summed E-state index contributed by atoms with van der Waals surface area (Å²) in [5, 5.41) is 0.967. The fourth-order valence-corrected chi connectivity index (χ4v) is 15.1. The van der Waals surface area contributed by atoms with Crippen molar-refractivity contribution < 1.29 is 21.4 Å². The van der Waals surface area contributed by atoms with Gasteiger partial charge in [0.2, 0.25) is 0 Å². The lowest BCUT2D eigenvalue weighted by atomic mass is 10.0. The van der Waals surface area contributed by atoms with E-state index in [9.17, 15) is 13.2 Å². The maximum Gasteiger partial charge on any atom is 0.416 e. The molecule has 8 heteroatoms. The van der Waals surface area contributed by atoms with Crippen molar-refractivity contribution in [3.05, 3.63) is 53.6 Å². The highest BCUT2D eigenvalue weighted by Crippen LogP contribution is 2.32. The van der Waals surface area contributed by atoms with Gasteiger partial charge in [0.25, 0.3) is 0 Å². The van der Waals surface area contributed by atoms with E-state index < -0.39 is 36.9 Å². The molecule has 0 aliphatic heterocycles. The number of aryl methyl sites for hydroxylation is 1. The monoisotopic (exact) mass is 456 g/mol. The number of hydrogen-bond acceptors (Lipinski definition) is 2. The van der Waals surface area contributed by atoms with Crippen LogP contribution in [0.15, 0.2) is 42.5 Å². The molecule has 0 aliphatic rings. The average Bonchev–Trinajstić information content (AvgIpc) is 2.50. The first-order chi connectivity index (χ1) is 13.0. The van der Waals surface area contributed by atoms with Crippen LogP contribution in [0, 0.1) is 6.92 Å². The van der Waals surface area contributed by atoms with Gasteiger partial charge in [-0.05, 0) is 81.2 Å². The van der Waals surface area contributed by atoms with Crippen LogP contribution in [0.2, 0.25) is 45.8 Å². The fourth-order valence-electron chi connectivity index (χ4n) is 3.39. The summed E-state index contributed by atoms with van der Waals surface area (Å²) >= 11 is 0. The van der Waals surface area contributed by atoms with E-state index in [4.69, 9.17) is 8.23 Å². The zero-order chi connectivity index (χ0) is 22.3. The van der Waals surface area contributed by atoms with Crippen molar-refractivity contribution in [1.29, 1.82) is 0 Å². The maximum absolute atomic E-state index is 13.2. The summed E-state index contributed by atoms with van der Waals surface area (Å²) < 4.78 is 52.8. The van der Waals surface area contributed by atoms with Gasteiger partial charge in [0.05, 0.1) is 5.56 Å². The summed E-state index contributed by atoms with van der Waals surface area (Å²) in [4.78, 5) is 0. The first kappa shape index (κ1) is 24.1. The van der Waals surface area contributed by atoms with Crippen LogP contribution in [0.1, 0.15) is 11.1 Å². The Bertz CT molecular complexity index is 853. The largest absolute Gasteiger partial charge is 0.433 e. The van der Waals surface area contributed by atoms with Gasteiger partial charge in [-0.25, -0.2) is 0 Å². The Hall–Kier alpha value is -1.20. The molecule has 29 heavy (non-hydrogen) atoms. The molecule has 0 amide bonds. The molecule has 0 fully saturated rings. The van der Waals surface area contributed by atoms with Crippen molar-refractivity contribution >= 4 is 30.4 Å². The van der Waals surface area contributed by atoms with Gasteiger partial charge in [0.1, 0.15) is 0 Å². The second kappa shape index (κ2) is 8.15. The van der Waals surface area contributed by atoms with Crippen LogP contribution in [0.25, 0.3) is 11.1 Å². The number of alkyl halides is 3. The van der Waals surface area contributed by atoms with Gasteiger partial charge >= 0.3 is 14.7 Å². The van der Waals surface area contributed by atoms with Crippen molar-refractivity contribution in [1.82, 2.24) is 0 Å². The molecule has 0 N–H and O–H groups in total. The molecule has 0 saturated carbocycles. The van der Waals surface area contributed by atoms with Crippen molar-refractivity contribution in [2.45, 2.75) is 58.9 Å². The quantitative estimate of drug-likeness (QED) is 0.452. The summed E-state index contributed by atoms with van der Waals surface area (Å²) in [5.41, 5.74) is 1.63.